The number of aromatic nitrogens is 2. The second kappa shape index (κ2) is 5.90. The summed E-state index contributed by atoms with van der Waals surface area (Å²) in [6.45, 7) is 0.977. The summed E-state index contributed by atoms with van der Waals surface area (Å²) in [6, 6.07) is 6.50. The lowest BCUT2D eigenvalue weighted by atomic mass is 10.1. The van der Waals surface area contributed by atoms with E-state index in [0.29, 0.717) is 24.5 Å². The highest BCUT2D eigenvalue weighted by Gasteiger charge is 2.39. The molecular weight excluding hydrogens is 307 g/mol. The highest BCUT2D eigenvalue weighted by atomic mass is 19.4. The topological polar surface area (TPSA) is 58.0 Å². The van der Waals surface area contributed by atoms with E-state index >= 15 is 0 Å². The van der Waals surface area contributed by atoms with E-state index in [2.05, 4.69) is 15.3 Å². The SMILES string of the molecule is OC1(CNCc2ccnc(-c3ccc(C(F)(F)F)cc3)n2)CC1. The van der Waals surface area contributed by atoms with Crippen LogP contribution in [0.1, 0.15) is 24.1 Å². The third-order valence-electron chi connectivity index (χ3n) is 3.77. The van der Waals surface area contributed by atoms with Crippen LogP contribution in [0.3, 0.4) is 0 Å². The number of nitrogens with zero attached hydrogens (tertiary/aromatic N) is 2. The van der Waals surface area contributed by atoms with Crippen molar-refractivity contribution < 1.29 is 18.3 Å². The van der Waals surface area contributed by atoms with Gasteiger partial charge in [0.25, 0.3) is 0 Å². The lowest BCUT2D eigenvalue weighted by Crippen LogP contribution is -2.28. The van der Waals surface area contributed by atoms with E-state index in [1.165, 1.54) is 12.1 Å². The average Bonchev–Trinajstić information content (AvgIpc) is 3.25. The molecule has 0 amide bonds. The largest absolute Gasteiger partial charge is 0.416 e. The van der Waals surface area contributed by atoms with Crippen molar-refractivity contribution in [1.82, 2.24) is 15.3 Å². The molecule has 1 aliphatic carbocycles. The van der Waals surface area contributed by atoms with Crippen molar-refractivity contribution in [3.63, 3.8) is 0 Å². The van der Waals surface area contributed by atoms with Gasteiger partial charge in [0, 0.05) is 24.8 Å². The Labute approximate surface area is 131 Å². The van der Waals surface area contributed by atoms with Gasteiger partial charge < -0.3 is 10.4 Å². The molecule has 1 aliphatic rings. The molecule has 122 valence electrons. The molecule has 1 fully saturated rings. The molecule has 3 rings (SSSR count). The summed E-state index contributed by atoms with van der Waals surface area (Å²) in [7, 11) is 0. The summed E-state index contributed by atoms with van der Waals surface area (Å²) in [4.78, 5) is 8.44. The van der Waals surface area contributed by atoms with Crippen molar-refractivity contribution in [3.05, 3.63) is 47.8 Å². The monoisotopic (exact) mass is 323 g/mol. The van der Waals surface area contributed by atoms with Crippen LogP contribution in [-0.2, 0) is 12.7 Å². The molecule has 2 aromatic rings. The number of halogens is 3. The van der Waals surface area contributed by atoms with Crippen LogP contribution in [0, 0.1) is 0 Å². The van der Waals surface area contributed by atoms with Crippen molar-refractivity contribution in [1.29, 1.82) is 0 Å². The Morgan fingerprint density at radius 3 is 2.43 bits per heavy atom. The fourth-order valence-electron chi connectivity index (χ4n) is 2.19. The molecule has 1 aromatic heterocycles. The van der Waals surface area contributed by atoms with Gasteiger partial charge in [-0.05, 0) is 31.0 Å². The van der Waals surface area contributed by atoms with Crippen LogP contribution in [0.2, 0.25) is 0 Å². The molecule has 23 heavy (non-hydrogen) atoms. The Bertz CT molecular complexity index is 682. The predicted octanol–water partition coefficient (Wildman–Crippen LogP) is 2.78. The van der Waals surface area contributed by atoms with Crippen molar-refractivity contribution in [3.8, 4) is 11.4 Å². The molecule has 1 saturated carbocycles. The molecule has 1 heterocycles. The number of hydrogen-bond acceptors (Lipinski definition) is 4. The first-order valence-corrected chi connectivity index (χ1v) is 7.28. The van der Waals surface area contributed by atoms with Crippen LogP contribution in [-0.4, -0.2) is 27.2 Å². The van der Waals surface area contributed by atoms with E-state index in [1.54, 1.807) is 12.3 Å². The van der Waals surface area contributed by atoms with Gasteiger partial charge in [0.2, 0.25) is 0 Å². The highest BCUT2D eigenvalue weighted by molar-refractivity contribution is 5.55. The summed E-state index contributed by atoms with van der Waals surface area (Å²) in [5.74, 6) is 0.378. The maximum Gasteiger partial charge on any atom is 0.416 e. The molecule has 0 bridgehead atoms. The van der Waals surface area contributed by atoms with Gasteiger partial charge in [0.1, 0.15) is 0 Å². The maximum absolute atomic E-state index is 12.6. The second-order valence-electron chi connectivity index (χ2n) is 5.77. The molecule has 0 unspecified atom stereocenters. The van der Waals surface area contributed by atoms with E-state index in [1.807, 2.05) is 0 Å². The standard InChI is InChI=1S/C16H16F3N3O/c17-16(18,19)12-3-1-11(2-4-12)14-21-8-5-13(22-14)9-20-10-15(23)6-7-15/h1-5,8,20,23H,6-7,9-10H2. The zero-order chi connectivity index (χ0) is 16.5. The molecule has 0 saturated heterocycles. The molecule has 2 N–H and O–H groups in total. The summed E-state index contributed by atoms with van der Waals surface area (Å²) in [5, 5.41) is 12.9. The van der Waals surface area contributed by atoms with Gasteiger partial charge in [-0.15, -0.1) is 0 Å². The van der Waals surface area contributed by atoms with E-state index < -0.39 is 17.3 Å². The van der Waals surface area contributed by atoms with Gasteiger partial charge in [0.05, 0.1) is 16.9 Å². The van der Waals surface area contributed by atoms with E-state index in [-0.39, 0.29) is 0 Å². The zero-order valence-electron chi connectivity index (χ0n) is 12.3. The molecule has 0 aliphatic heterocycles. The normalized spacial score (nSPS) is 16.3. The van der Waals surface area contributed by atoms with Crippen molar-refractivity contribution in [2.45, 2.75) is 31.2 Å². The third kappa shape index (κ3) is 4.05. The van der Waals surface area contributed by atoms with Crippen molar-refractivity contribution >= 4 is 0 Å². The summed E-state index contributed by atoms with van der Waals surface area (Å²) in [6.07, 6.45) is -1.17. The number of nitrogens with one attached hydrogen (secondary N) is 1. The number of hydrogen-bond donors (Lipinski definition) is 2. The van der Waals surface area contributed by atoms with Crippen LogP contribution >= 0.6 is 0 Å². The fraction of sp³-hybridized carbons (Fsp3) is 0.375. The van der Waals surface area contributed by atoms with Crippen LogP contribution in [0.4, 0.5) is 13.2 Å². The van der Waals surface area contributed by atoms with Crippen LogP contribution in [0.25, 0.3) is 11.4 Å². The van der Waals surface area contributed by atoms with Gasteiger partial charge in [-0.25, -0.2) is 9.97 Å². The fourth-order valence-corrected chi connectivity index (χ4v) is 2.19. The molecule has 0 spiro atoms. The smallest absolute Gasteiger partial charge is 0.389 e. The molecule has 4 nitrogen and oxygen atoms in total. The molecular formula is C16H16F3N3O. The Morgan fingerprint density at radius 2 is 1.83 bits per heavy atom. The molecule has 0 radical (unpaired) electrons. The Kier molecular flexibility index (Phi) is 4.08. The highest BCUT2D eigenvalue weighted by Crippen LogP contribution is 2.34. The number of rotatable bonds is 5. The number of aliphatic hydroxyl groups is 1. The van der Waals surface area contributed by atoms with Crippen molar-refractivity contribution in [2.75, 3.05) is 6.54 Å². The van der Waals surface area contributed by atoms with E-state index in [4.69, 9.17) is 0 Å². The third-order valence-corrected chi connectivity index (χ3v) is 3.77. The average molecular weight is 323 g/mol. The quantitative estimate of drug-likeness (QED) is 0.888. The first-order chi connectivity index (χ1) is 10.9. The van der Waals surface area contributed by atoms with Gasteiger partial charge in [0.15, 0.2) is 5.82 Å². The van der Waals surface area contributed by atoms with Gasteiger partial charge in [-0.1, -0.05) is 12.1 Å². The van der Waals surface area contributed by atoms with Gasteiger partial charge >= 0.3 is 6.18 Å². The lowest BCUT2D eigenvalue weighted by molar-refractivity contribution is -0.137. The summed E-state index contributed by atoms with van der Waals surface area (Å²) < 4.78 is 37.7. The second-order valence-corrected chi connectivity index (χ2v) is 5.77. The minimum absolute atomic E-state index is 0.378. The first-order valence-electron chi connectivity index (χ1n) is 7.28. The Morgan fingerprint density at radius 1 is 1.13 bits per heavy atom. The minimum atomic E-state index is -4.35. The maximum atomic E-state index is 12.6. The van der Waals surface area contributed by atoms with Gasteiger partial charge in [-0.3, -0.25) is 0 Å². The molecule has 0 atom stereocenters. The first kappa shape index (κ1) is 15.9. The zero-order valence-corrected chi connectivity index (χ0v) is 12.3. The van der Waals surface area contributed by atoms with Crippen LogP contribution in [0.15, 0.2) is 36.5 Å². The van der Waals surface area contributed by atoms with Crippen LogP contribution < -0.4 is 5.32 Å². The summed E-state index contributed by atoms with van der Waals surface area (Å²) in [5.41, 5.74) is -0.0277. The number of benzene rings is 1. The van der Waals surface area contributed by atoms with Crippen molar-refractivity contribution in [2.24, 2.45) is 0 Å². The Balaban J connectivity index is 1.69. The Hall–Kier alpha value is -1.99. The predicted molar refractivity (Wildman–Crippen MR) is 78.4 cm³/mol. The van der Waals surface area contributed by atoms with E-state index in [0.717, 1.165) is 30.7 Å². The summed E-state index contributed by atoms with van der Waals surface area (Å²) >= 11 is 0. The molecule has 7 heteroatoms. The molecule has 1 aromatic carbocycles. The lowest BCUT2D eigenvalue weighted by Gasteiger charge is -2.10. The number of alkyl halides is 3. The van der Waals surface area contributed by atoms with Gasteiger partial charge in [-0.2, -0.15) is 13.2 Å². The minimum Gasteiger partial charge on any atom is -0.389 e. The van der Waals surface area contributed by atoms with Crippen LogP contribution in [0.5, 0.6) is 0 Å². The van der Waals surface area contributed by atoms with E-state index in [9.17, 15) is 18.3 Å².